The number of carbonyl (C=O) groups is 1. The fourth-order valence-corrected chi connectivity index (χ4v) is 5.37. The van der Waals surface area contributed by atoms with Gasteiger partial charge in [-0.3, -0.25) is 4.90 Å². The molecule has 4 heterocycles. The van der Waals surface area contributed by atoms with E-state index in [9.17, 15) is 9.18 Å². The molecule has 0 radical (unpaired) electrons. The third kappa shape index (κ3) is 5.32. The van der Waals surface area contributed by atoms with Gasteiger partial charge in [-0.1, -0.05) is 24.3 Å². The van der Waals surface area contributed by atoms with E-state index in [-0.39, 0.29) is 17.9 Å². The predicted molar refractivity (Wildman–Crippen MR) is 147 cm³/mol. The molecule has 1 unspecified atom stereocenters. The maximum Gasteiger partial charge on any atom is 0.321 e. The molecule has 0 bridgehead atoms. The molecule has 3 N–H and O–H groups in total. The Morgan fingerprint density at radius 2 is 1.82 bits per heavy atom. The number of hydrogen-bond acceptors (Lipinski definition) is 6. The van der Waals surface area contributed by atoms with Crippen LogP contribution in [-0.4, -0.2) is 83.3 Å². The van der Waals surface area contributed by atoms with Gasteiger partial charge in [-0.15, -0.1) is 0 Å². The van der Waals surface area contributed by atoms with Gasteiger partial charge in [0, 0.05) is 63.6 Å². The fourth-order valence-electron chi connectivity index (χ4n) is 5.37. The smallest absolute Gasteiger partial charge is 0.321 e. The third-order valence-corrected chi connectivity index (χ3v) is 7.74. The molecule has 200 valence electrons. The molecule has 3 aromatic rings. The van der Waals surface area contributed by atoms with Crippen molar-refractivity contribution < 1.29 is 9.18 Å². The molecule has 2 fully saturated rings. The summed E-state index contributed by atoms with van der Waals surface area (Å²) in [6, 6.07) is 13.3. The summed E-state index contributed by atoms with van der Waals surface area (Å²) < 4.78 is 16.6. The monoisotopic (exact) mass is 518 g/mol. The second-order valence-electron chi connectivity index (χ2n) is 10.5. The van der Waals surface area contributed by atoms with E-state index >= 15 is 0 Å². The number of nitrogens with zero attached hydrogens (tertiary/aromatic N) is 5. The van der Waals surface area contributed by atoms with Crippen LogP contribution in [0, 0.1) is 5.82 Å². The van der Waals surface area contributed by atoms with Crippen LogP contribution in [0.3, 0.4) is 0 Å². The summed E-state index contributed by atoms with van der Waals surface area (Å²) in [6.07, 6.45) is 3.83. The van der Waals surface area contributed by atoms with Crippen LogP contribution in [0.25, 0.3) is 11.3 Å². The molecular formula is C28H35FN8O. The summed E-state index contributed by atoms with van der Waals surface area (Å²) in [5.74, 6) is 0.251. The number of hydrogen-bond donors (Lipinski definition) is 3. The van der Waals surface area contributed by atoms with Gasteiger partial charge < -0.3 is 25.9 Å². The summed E-state index contributed by atoms with van der Waals surface area (Å²) in [5.41, 5.74) is 7.39. The number of likely N-dealkylation sites (tertiary alicyclic amines) is 1. The average Bonchev–Trinajstić information content (AvgIpc) is 3.62. The highest BCUT2D eigenvalue weighted by Crippen LogP contribution is 2.29. The summed E-state index contributed by atoms with van der Waals surface area (Å²) in [5, 5.41) is 6.26. The van der Waals surface area contributed by atoms with Gasteiger partial charge in [0.1, 0.15) is 5.82 Å². The van der Waals surface area contributed by atoms with Crippen molar-refractivity contribution in [3.63, 3.8) is 0 Å². The maximum atomic E-state index is 14.8. The molecule has 0 spiro atoms. The quantitative estimate of drug-likeness (QED) is 0.477. The van der Waals surface area contributed by atoms with E-state index in [4.69, 9.17) is 0 Å². The number of halogens is 1. The zero-order valence-corrected chi connectivity index (χ0v) is 21.8. The van der Waals surface area contributed by atoms with Gasteiger partial charge in [0.15, 0.2) is 0 Å². The number of imidazole rings is 1. The first-order valence-electron chi connectivity index (χ1n) is 13.5. The highest BCUT2D eigenvalue weighted by atomic mass is 19.1. The molecule has 6 rings (SSSR count). The van der Waals surface area contributed by atoms with Crippen molar-refractivity contribution in [2.24, 2.45) is 0 Å². The third-order valence-electron chi connectivity index (χ3n) is 7.74. The Balaban J connectivity index is 1.12. The van der Waals surface area contributed by atoms with Crippen molar-refractivity contribution in [1.29, 1.82) is 0 Å². The summed E-state index contributed by atoms with van der Waals surface area (Å²) >= 11 is 0. The summed E-state index contributed by atoms with van der Waals surface area (Å²) in [4.78, 5) is 23.8. The van der Waals surface area contributed by atoms with Crippen molar-refractivity contribution in [2.45, 2.75) is 25.4 Å². The Hall–Kier alpha value is -3.63. The van der Waals surface area contributed by atoms with Crippen molar-refractivity contribution in [2.75, 3.05) is 68.9 Å². The van der Waals surface area contributed by atoms with Crippen molar-refractivity contribution in [3.8, 4) is 11.3 Å². The van der Waals surface area contributed by atoms with Crippen LogP contribution >= 0.6 is 0 Å². The van der Waals surface area contributed by atoms with Crippen LogP contribution in [-0.2, 0) is 6.54 Å². The number of piperazine rings is 1. The Labute approximate surface area is 222 Å². The van der Waals surface area contributed by atoms with Crippen molar-refractivity contribution in [1.82, 2.24) is 24.4 Å². The molecular weight excluding hydrogens is 483 g/mol. The molecule has 2 aromatic carbocycles. The van der Waals surface area contributed by atoms with E-state index in [1.807, 2.05) is 4.68 Å². The number of urea groups is 1. The first-order chi connectivity index (χ1) is 18.5. The highest BCUT2D eigenvalue weighted by molar-refractivity contribution is 5.90. The lowest BCUT2D eigenvalue weighted by Crippen LogP contribution is -2.43. The van der Waals surface area contributed by atoms with Crippen LogP contribution in [0.1, 0.15) is 30.0 Å². The minimum atomic E-state index is -0.382. The van der Waals surface area contributed by atoms with Crippen molar-refractivity contribution in [3.05, 3.63) is 65.6 Å². The topological polar surface area (TPSA) is 80.7 Å². The number of anilines is 2. The minimum Gasteiger partial charge on any atom is -0.352 e. The summed E-state index contributed by atoms with van der Waals surface area (Å²) in [6.45, 7) is 7.60. The normalized spacial score (nSPS) is 20.1. The standard InChI is InChI=1S/C28H35FN8O/c1-34-12-14-35(15-13-34)18-20-4-6-21(7-5-20)25-17-30-27-32-26(19-37(27)33-25)23-16-22(8-9-24(23)29)31-28(38)36-10-2-3-11-36/h4-9,16,19,25,33H,2-3,10-15,17-18H2,1H3,(H,30,32)(H,31,38). The van der Waals surface area contributed by atoms with Gasteiger partial charge in [-0.05, 0) is 49.2 Å². The highest BCUT2D eigenvalue weighted by Gasteiger charge is 2.23. The van der Waals surface area contributed by atoms with Gasteiger partial charge in [0.25, 0.3) is 0 Å². The van der Waals surface area contributed by atoms with E-state index in [1.165, 1.54) is 17.2 Å². The number of amides is 2. The van der Waals surface area contributed by atoms with E-state index in [0.29, 0.717) is 29.4 Å². The van der Waals surface area contributed by atoms with Gasteiger partial charge in [-0.25, -0.2) is 18.8 Å². The van der Waals surface area contributed by atoms with E-state index < -0.39 is 0 Å². The van der Waals surface area contributed by atoms with Crippen LogP contribution < -0.4 is 16.1 Å². The second-order valence-corrected chi connectivity index (χ2v) is 10.5. The molecule has 1 atom stereocenters. The Kier molecular flexibility index (Phi) is 6.90. The second kappa shape index (κ2) is 10.6. The van der Waals surface area contributed by atoms with E-state index in [0.717, 1.165) is 58.7 Å². The van der Waals surface area contributed by atoms with Crippen molar-refractivity contribution >= 4 is 17.7 Å². The SMILES string of the molecule is CN1CCN(Cc2ccc(C3CNc4nc(-c5cc(NC(=O)N6CCCC6)ccc5F)cn4N3)cc2)CC1. The molecule has 2 saturated heterocycles. The first-order valence-corrected chi connectivity index (χ1v) is 13.5. The lowest BCUT2D eigenvalue weighted by atomic mass is 10.0. The maximum absolute atomic E-state index is 14.8. The number of benzene rings is 2. The van der Waals surface area contributed by atoms with Gasteiger partial charge in [0.2, 0.25) is 5.95 Å². The van der Waals surface area contributed by atoms with E-state index in [2.05, 4.69) is 62.2 Å². The molecule has 0 aliphatic carbocycles. The molecule has 38 heavy (non-hydrogen) atoms. The molecule has 2 amide bonds. The average molecular weight is 519 g/mol. The number of aromatic nitrogens is 2. The zero-order chi connectivity index (χ0) is 26.1. The molecule has 0 saturated carbocycles. The van der Waals surface area contributed by atoms with Gasteiger partial charge in [0.05, 0.1) is 17.9 Å². The number of carbonyl (C=O) groups excluding carboxylic acids is 1. The van der Waals surface area contributed by atoms with Crippen LogP contribution in [0.5, 0.6) is 0 Å². The van der Waals surface area contributed by atoms with Gasteiger partial charge >= 0.3 is 6.03 Å². The number of nitrogens with one attached hydrogen (secondary N) is 3. The number of likely N-dealkylation sites (N-methyl/N-ethyl adjacent to an activating group) is 1. The van der Waals surface area contributed by atoms with Crippen LogP contribution in [0.4, 0.5) is 20.8 Å². The minimum absolute atomic E-state index is 0.0539. The number of fused-ring (bicyclic) bond motifs is 1. The predicted octanol–water partition coefficient (Wildman–Crippen LogP) is 3.77. The molecule has 1 aromatic heterocycles. The molecule has 10 heteroatoms. The lowest BCUT2D eigenvalue weighted by Gasteiger charge is -2.32. The number of rotatable bonds is 5. The van der Waals surface area contributed by atoms with Crippen LogP contribution in [0.15, 0.2) is 48.7 Å². The van der Waals surface area contributed by atoms with Crippen LogP contribution in [0.2, 0.25) is 0 Å². The molecule has 3 aliphatic rings. The van der Waals surface area contributed by atoms with Gasteiger partial charge in [-0.2, -0.15) is 0 Å². The zero-order valence-electron chi connectivity index (χ0n) is 21.8. The lowest BCUT2D eigenvalue weighted by molar-refractivity contribution is 0.148. The Bertz CT molecular complexity index is 1280. The Morgan fingerprint density at radius 1 is 1.05 bits per heavy atom. The fraction of sp³-hybridized carbons (Fsp3) is 0.429. The molecule has 9 nitrogen and oxygen atoms in total. The summed E-state index contributed by atoms with van der Waals surface area (Å²) in [7, 11) is 2.18. The largest absolute Gasteiger partial charge is 0.352 e. The Morgan fingerprint density at radius 3 is 2.58 bits per heavy atom. The first kappa shape index (κ1) is 24.7. The van der Waals surface area contributed by atoms with E-state index in [1.54, 1.807) is 23.2 Å². The molecule has 3 aliphatic heterocycles.